The number of carboxylic acids is 1. The second kappa shape index (κ2) is 8.25. The second-order valence-corrected chi connectivity index (χ2v) is 7.16. The van der Waals surface area contributed by atoms with Crippen LogP contribution in [0.5, 0.6) is 0 Å². The number of aliphatic carboxylic acids is 1. The zero-order valence-electron chi connectivity index (χ0n) is 14.0. The van der Waals surface area contributed by atoms with Gasteiger partial charge in [-0.2, -0.15) is 0 Å². The molecule has 0 aromatic carbocycles. The lowest BCUT2D eigenvalue weighted by Gasteiger charge is -2.41. The lowest BCUT2D eigenvalue weighted by molar-refractivity contribution is -0.139. The summed E-state index contributed by atoms with van der Waals surface area (Å²) in [6.07, 6.45) is 3.87. The Morgan fingerprint density at radius 1 is 1.29 bits per heavy atom. The van der Waals surface area contributed by atoms with Gasteiger partial charge in [0.25, 0.3) is 0 Å². The van der Waals surface area contributed by atoms with Crippen LogP contribution in [0, 0.1) is 17.8 Å². The molecule has 0 radical (unpaired) electrons. The molecule has 24 heavy (non-hydrogen) atoms. The fraction of sp³-hybridized carbons (Fsp3) is 0.722. The van der Waals surface area contributed by atoms with E-state index in [1.807, 2.05) is 6.08 Å². The fourth-order valence-electron chi connectivity index (χ4n) is 3.99. The maximum Gasteiger partial charge on any atom is 0.305 e. The van der Waals surface area contributed by atoms with E-state index in [2.05, 4.69) is 13.0 Å². The molecule has 0 heterocycles. The minimum atomic E-state index is -1.08. The number of aliphatic hydroxyl groups excluding tert-OH is 4. The predicted molar refractivity (Wildman–Crippen MR) is 88.1 cm³/mol. The van der Waals surface area contributed by atoms with Crippen LogP contribution in [-0.2, 0) is 4.79 Å². The van der Waals surface area contributed by atoms with Crippen LogP contribution >= 0.6 is 0 Å². The third-order valence-corrected chi connectivity index (χ3v) is 5.18. The normalized spacial score (nSPS) is 35.0. The number of carboxylic acid groups (broad SMARTS) is 1. The highest BCUT2D eigenvalue weighted by Crippen LogP contribution is 2.42. The van der Waals surface area contributed by atoms with Crippen molar-refractivity contribution >= 4 is 5.97 Å². The van der Waals surface area contributed by atoms with Crippen molar-refractivity contribution in [3.05, 3.63) is 23.8 Å². The Labute approximate surface area is 142 Å². The van der Waals surface area contributed by atoms with Crippen LogP contribution < -0.4 is 0 Å². The van der Waals surface area contributed by atoms with E-state index in [4.69, 9.17) is 5.11 Å². The third-order valence-electron chi connectivity index (χ3n) is 5.18. The first-order chi connectivity index (χ1) is 11.3. The molecule has 0 bridgehead atoms. The molecule has 5 N–H and O–H groups in total. The second-order valence-electron chi connectivity index (χ2n) is 7.16. The Morgan fingerprint density at radius 2 is 2.00 bits per heavy atom. The summed E-state index contributed by atoms with van der Waals surface area (Å²) in [6.45, 7) is 2.07. The van der Waals surface area contributed by atoms with Crippen molar-refractivity contribution in [3.63, 3.8) is 0 Å². The van der Waals surface area contributed by atoms with E-state index in [0.29, 0.717) is 19.3 Å². The first-order valence-electron chi connectivity index (χ1n) is 8.62. The number of carbonyl (C=O) groups is 1. The molecule has 0 amide bonds. The third kappa shape index (κ3) is 4.89. The van der Waals surface area contributed by atoms with Gasteiger partial charge in [0.05, 0.1) is 30.8 Å². The van der Waals surface area contributed by atoms with Gasteiger partial charge in [-0.05, 0) is 36.7 Å². The Kier molecular flexibility index (Phi) is 6.57. The van der Waals surface area contributed by atoms with Crippen LogP contribution in [0.4, 0.5) is 0 Å². The van der Waals surface area contributed by atoms with Gasteiger partial charge in [0.1, 0.15) is 0 Å². The largest absolute Gasteiger partial charge is 0.481 e. The monoisotopic (exact) mass is 340 g/mol. The van der Waals surface area contributed by atoms with Gasteiger partial charge in [-0.15, -0.1) is 0 Å². The molecule has 0 unspecified atom stereocenters. The van der Waals surface area contributed by atoms with Crippen molar-refractivity contribution in [2.75, 3.05) is 0 Å². The van der Waals surface area contributed by atoms with Crippen molar-refractivity contribution in [2.24, 2.45) is 17.8 Å². The number of hydrogen-bond donors (Lipinski definition) is 5. The number of hydrogen-bond acceptors (Lipinski definition) is 5. The van der Waals surface area contributed by atoms with E-state index in [1.165, 1.54) is 0 Å². The highest BCUT2D eigenvalue weighted by atomic mass is 16.4. The first kappa shape index (κ1) is 19.1. The molecule has 0 fully saturated rings. The molecule has 0 aromatic heterocycles. The van der Waals surface area contributed by atoms with Crippen molar-refractivity contribution < 1.29 is 30.3 Å². The van der Waals surface area contributed by atoms with Gasteiger partial charge in [-0.1, -0.05) is 25.2 Å². The molecular formula is C18H28O6. The van der Waals surface area contributed by atoms with E-state index in [0.717, 1.165) is 5.57 Å². The maximum atomic E-state index is 10.6. The highest BCUT2D eigenvalue weighted by Gasteiger charge is 2.39. The van der Waals surface area contributed by atoms with Crippen molar-refractivity contribution in [1.82, 2.24) is 0 Å². The van der Waals surface area contributed by atoms with Gasteiger partial charge < -0.3 is 25.5 Å². The molecule has 2 rings (SSSR count). The molecule has 2 aliphatic rings. The van der Waals surface area contributed by atoms with Gasteiger partial charge in [0.15, 0.2) is 0 Å². The van der Waals surface area contributed by atoms with Gasteiger partial charge in [0, 0.05) is 12.3 Å². The van der Waals surface area contributed by atoms with Gasteiger partial charge in [0.2, 0.25) is 0 Å². The zero-order chi connectivity index (χ0) is 17.9. The van der Waals surface area contributed by atoms with Crippen LogP contribution in [0.2, 0.25) is 0 Å². The lowest BCUT2D eigenvalue weighted by atomic mass is 9.66. The van der Waals surface area contributed by atoms with Gasteiger partial charge in [-0.25, -0.2) is 0 Å². The first-order valence-corrected chi connectivity index (χ1v) is 8.62. The topological polar surface area (TPSA) is 118 Å². The number of fused-ring (bicyclic) bond motifs is 1. The Morgan fingerprint density at radius 3 is 2.67 bits per heavy atom. The van der Waals surface area contributed by atoms with E-state index in [-0.39, 0.29) is 30.6 Å². The van der Waals surface area contributed by atoms with Crippen molar-refractivity contribution in [3.8, 4) is 0 Å². The Balaban J connectivity index is 1.94. The molecular weight excluding hydrogens is 312 g/mol. The van der Waals surface area contributed by atoms with E-state index in [9.17, 15) is 25.2 Å². The average molecular weight is 340 g/mol. The van der Waals surface area contributed by atoms with Crippen molar-refractivity contribution in [2.45, 2.75) is 63.4 Å². The lowest BCUT2D eigenvalue weighted by Crippen LogP contribution is -2.40. The fourth-order valence-corrected chi connectivity index (χ4v) is 3.99. The van der Waals surface area contributed by atoms with Crippen LogP contribution in [0.3, 0.4) is 0 Å². The van der Waals surface area contributed by atoms with Crippen LogP contribution in [-0.4, -0.2) is 55.9 Å². The summed E-state index contributed by atoms with van der Waals surface area (Å²) in [6, 6.07) is 0. The summed E-state index contributed by atoms with van der Waals surface area (Å²) in [5.41, 5.74) is 0.949. The molecule has 2 aliphatic carbocycles. The maximum absolute atomic E-state index is 10.6. The molecule has 0 saturated heterocycles. The molecule has 7 atom stereocenters. The molecule has 6 nitrogen and oxygen atoms in total. The summed E-state index contributed by atoms with van der Waals surface area (Å²) in [7, 11) is 0. The quantitative estimate of drug-likeness (QED) is 0.469. The van der Waals surface area contributed by atoms with Gasteiger partial charge in [-0.3, -0.25) is 4.79 Å². The van der Waals surface area contributed by atoms with E-state index >= 15 is 0 Å². The van der Waals surface area contributed by atoms with Crippen molar-refractivity contribution in [1.29, 1.82) is 0 Å². The predicted octanol–water partition coefficient (Wildman–Crippen LogP) is 0.843. The summed E-state index contributed by atoms with van der Waals surface area (Å²) in [4.78, 5) is 10.6. The summed E-state index contributed by atoms with van der Waals surface area (Å²) >= 11 is 0. The standard InChI is InChI=1S/C18H28O6/c1-10-2-3-11-6-13(20)8-16(22)18(11)15(10)5-4-12(19)7-14(21)9-17(23)24/h2-3,6,10,12-16,18-22H,4-5,7-9H2,1H3,(H,23,24)/t10-,12+,13+,14-,15-,16-,18-/m0/s1. The molecule has 0 aromatic rings. The zero-order valence-corrected chi connectivity index (χ0v) is 14.0. The highest BCUT2D eigenvalue weighted by molar-refractivity contribution is 5.67. The van der Waals surface area contributed by atoms with E-state index < -0.39 is 30.4 Å². The SMILES string of the molecule is C[C@H]1C=CC2=C[C@@H](O)C[C@H](O)[C@@H]2[C@H]1CC[C@@H](O)C[C@H](O)CC(=O)O. The number of rotatable bonds is 7. The molecule has 0 spiro atoms. The van der Waals surface area contributed by atoms with E-state index in [1.54, 1.807) is 6.08 Å². The molecule has 0 aliphatic heterocycles. The van der Waals surface area contributed by atoms with Crippen LogP contribution in [0.25, 0.3) is 0 Å². The van der Waals surface area contributed by atoms with Crippen LogP contribution in [0.15, 0.2) is 23.8 Å². The average Bonchev–Trinajstić information content (AvgIpc) is 2.45. The molecule has 0 saturated carbocycles. The number of allylic oxidation sites excluding steroid dienone is 2. The Hall–Kier alpha value is -1.21. The number of aliphatic hydroxyl groups is 4. The minimum absolute atomic E-state index is 0.0396. The smallest absolute Gasteiger partial charge is 0.305 e. The van der Waals surface area contributed by atoms with Crippen LogP contribution in [0.1, 0.15) is 39.0 Å². The summed E-state index contributed by atoms with van der Waals surface area (Å²) in [5.74, 6) is -0.743. The summed E-state index contributed by atoms with van der Waals surface area (Å²) in [5, 5.41) is 48.5. The minimum Gasteiger partial charge on any atom is -0.481 e. The van der Waals surface area contributed by atoms with Gasteiger partial charge >= 0.3 is 5.97 Å². The molecule has 6 heteroatoms. The summed E-state index contributed by atoms with van der Waals surface area (Å²) < 4.78 is 0. The molecule has 136 valence electrons. The Bertz CT molecular complexity index is 500.